The molecule has 1 atom stereocenters. The monoisotopic (exact) mass is 263 g/mol. The van der Waals surface area contributed by atoms with Crippen LogP contribution in [0.2, 0.25) is 0 Å². The second-order valence-electron chi connectivity index (χ2n) is 4.37. The number of fused-ring (bicyclic) bond motifs is 1. The molecule has 0 bridgehead atoms. The highest BCUT2D eigenvalue weighted by Crippen LogP contribution is 2.06. The molecular formula is C12H13N3O4. The molecule has 0 radical (unpaired) electrons. The molecule has 0 aliphatic carbocycles. The van der Waals surface area contributed by atoms with Gasteiger partial charge in [-0.25, -0.2) is 9.78 Å². The molecule has 0 aliphatic rings. The maximum atomic E-state index is 11.8. The number of carbonyl (C=O) groups is 2. The summed E-state index contributed by atoms with van der Waals surface area (Å²) in [5.41, 5.74) is -0.935. The fourth-order valence-corrected chi connectivity index (χ4v) is 1.48. The lowest BCUT2D eigenvalue weighted by molar-refractivity contribution is -0.155. The molecule has 2 aromatic rings. The van der Waals surface area contributed by atoms with Crippen molar-refractivity contribution < 1.29 is 19.8 Å². The number of hydrogen-bond donors (Lipinski definition) is 3. The molecule has 7 nitrogen and oxygen atoms in total. The first-order chi connectivity index (χ1) is 8.90. The van der Waals surface area contributed by atoms with E-state index in [0.717, 1.165) is 6.92 Å². The maximum Gasteiger partial charge on any atom is 0.337 e. The first kappa shape index (κ1) is 13.0. The number of hydrogen-bond acceptors (Lipinski definition) is 4. The van der Waals surface area contributed by atoms with Crippen molar-refractivity contribution in [3.8, 4) is 0 Å². The molecule has 2 heterocycles. The molecule has 2 rings (SSSR count). The van der Waals surface area contributed by atoms with E-state index in [9.17, 15) is 14.7 Å². The number of imidazole rings is 1. The Morgan fingerprint density at radius 3 is 2.89 bits per heavy atom. The molecule has 0 aliphatic heterocycles. The minimum atomic E-state index is -1.99. The van der Waals surface area contributed by atoms with Gasteiger partial charge in [0, 0.05) is 18.6 Å². The largest absolute Gasteiger partial charge is 0.479 e. The Morgan fingerprint density at radius 2 is 2.21 bits per heavy atom. The predicted molar refractivity (Wildman–Crippen MR) is 65.8 cm³/mol. The van der Waals surface area contributed by atoms with Crippen LogP contribution in [0.25, 0.3) is 5.65 Å². The van der Waals surface area contributed by atoms with Crippen LogP contribution < -0.4 is 5.32 Å². The quantitative estimate of drug-likeness (QED) is 0.714. The van der Waals surface area contributed by atoms with Crippen molar-refractivity contribution in [1.82, 2.24) is 14.7 Å². The highest BCUT2D eigenvalue weighted by Gasteiger charge is 2.30. The molecule has 2 aromatic heterocycles. The van der Waals surface area contributed by atoms with Crippen molar-refractivity contribution in [2.45, 2.75) is 12.5 Å². The summed E-state index contributed by atoms with van der Waals surface area (Å²) < 4.78 is 1.67. The van der Waals surface area contributed by atoms with Crippen molar-refractivity contribution in [2.24, 2.45) is 0 Å². The van der Waals surface area contributed by atoms with Gasteiger partial charge in [0.05, 0.1) is 12.1 Å². The summed E-state index contributed by atoms with van der Waals surface area (Å²) in [6.07, 6.45) is 4.87. The van der Waals surface area contributed by atoms with Gasteiger partial charge in [0.2, 0.25) is 0 Å². The van der Waals surface area contributed by atoms with Gasteiger partial charge in [-0.3, -0.25) is 4.79 Å². The van der Waals surface area contributed by atoms with Crippen molar-refractivity contribution in [3.05, 3.63) is 36.3 Å². The third-order valence-corrected chi connectivity index (χ3v) is 2.70. The maximum absolute atomic E-state index is 11.8. The van der Waals surface area contributed by atoms with E-state index in [1.54, 1.807) is 35.1 Å². The average molecular weight is 263 g/mol. The Morgan fingerprint density at radius 1 is 1.47 bits per heavy atom. The number of aliphatic carboxylic acids is 1. The molecule has 0 saturated heterocycles. The van der Waals surface area contributed by atoms with E-state index in [2.05, 4.69) is 10.3 Å². The zero-order valence-electron chi connectivity index (χ0n) is 10.2. The minimum Gasteiger partial charge on any atom is -0.479 e. The minimum absolute atomic E-state index is 0.353. The van der Waals surface area contributed by atoms with Gasteiger partial charge in [0.15, 0.2) is 5.60 Å². The molecule has 0 fully saturated rings. The Labute approximate surface area is 108 Å². The number of amides is 1. The van der Waals surface area contributed by atoms with E-state index in [0.29, 0.717) is 11.2 Å². The van der Waals surface area contributed by atoms with Gasteiger partial charge in [-0.2, -0.15) is 0 Å². The average Bonchev–Trinajstić information content (AvgIpc) is 2.82. The van der Waals surface area contributed by atoms with Crippen LogP contribution in [-0.2, 0) is 4.79 Å². The molecule has 3 N–H and O–H groups in total. The van der Waals surface area contributed by atoms with Crippen LogP contribution in [0.5, 0.6) is 0 Å². The summed E-state index contributed by atoms with van der Waals surface area (Å²) in [7, 11) is 0. The fourth-order valence-electron chi connectivity index (χ4n) is 1.48. The third kappa shape index (κ3) is 2.71. The lowest BCUT2D eigenvalue weighted by Gasteiger charge is -2.18. The van der Waals surface area contributed by atoms with Crippen molar-refractivity contribution in [1.29, 1.82) is 0 Å². The normalized spacial score (nSPS) is 14.0. The van der Waals surface area contributed by atoms with Gasteiger partial charge in [0.1, 0.15) is 5.65 Å². The summed E-state index contributed by atoms with van der Waals surface area (Å²) in [6, 6.07) is 3.25. The third-order valence-electron chi connectivity index (χ3n) is 2.70. The Balaban J connectivity index is 2.09. The number of carboxylic acids is 1. The van der Waals surface area contributed by atoms with Crippen LogP contribution in [0.15, 0.2) is 30.7 Å². The van der Waals surface area contributed by atoms with E-state index < -0.39 is 17.5 Å². The zero-order valence-corrected chi connectivity index (χ0v) is 10.2. The number of carbonyl (C=O) groups excluding carboxylic acids is 1. The van der Waals surface area contributed by atoms with Gasteiger partial charge < -0.3 is 19.9 Å². The van der Waals surface area contributed by atoms with E-state index in [-0.39, 0.29) is 6.54 Å². The summed E-state index contributed by atoms with van der Waals surface area (Å²) in [5, 5.41) is 20.6. The lowest BCUT2D eigenvalue weighted by atomic mass is 10.1. The van der Waals surface area contributed by atoms with Crippen molar-refractivity contribution in [2.75, 3.05) is 6.54 Å². The van der Waals surface area contributed by atoms with E-state index in [1.807, 2.05) is 0 Å². The molecule has 100 valence electrons. The number of carboxylic acid groups (broad SMARTS) is 1. The Kier molecular flexibility index (Phi) is 3.22. The number of aliphatic hydroxyl groups is 1. The number of pyridine rings is 1. The molecular weight excluding hydrogens is 250 g/mol. The highest BCUT2D eigenvalue weighted by molar-refractivity contribution is 5.94. The lowest BCUT2D eigenvalue weighted by Crippen LogP contribution is -2.46. The van der Waals surface area contributed by atoms with Crippen LogP contribution in [0.4, 0.5) is 0 Å². The molecule has 19 heavy (non-hydrogen) atoms. The van der Waals surface area contributed by atoms with Crippen LogP contribution in [0, 0.1) is 0 Å². The van der Waals surface area contributed by atoms with E-state index in [4.69, 9.17) is 5.11 Å². The Hall–Kier alpha value is -2.41. The summed E-state index contributed by atoms with van der Waals surface area (Å²) in [5.74, 6) is -1.85. The van der Waals surface area contributed by atoms with Gasteiger partial charge in [-0.15, -0.1) is 0 Å². The van der Waals surface area contributed by atoms with Crippen LogP contribution >= 0.6 is 0 Å². The fraction of sp³-hybridized carbons (Fsp3) is 0.250. The second-order valence-corrected chi connectivity index (χ2v) is 4.37. The molecule has 1 amide bonds. The zero-order chi connectivity index (χ0) is 14.0. The topological polar surface area (TPSA) is 104 Å². The van der Waals surface area contributed by atoms with Crippen molar-refractivity contribution >= 4 is 17.5 Å². The molecule has 1 unspecified atom stereocenters. The van der Waals surface area contributed by atoms with Gasteiger partial charge in [-0.05, 0) is 19.1 Å². The molecule has 0 spiro atoms. The smallest absolute Gasteiger partial charge is 0.337 e. The predicted octanol–water partition coefficient (Wildman–Crippen LogP) is -0.100. The summed E-state index contributed by atoms with van der Waals surface area (Å²) in [4.78, 5) is 26.6. The Bertz CT molecular complexity index is 633. The second kappa shape index (κ2) is 4.69. The van der Waals surface area contributed by atoms with Gasteiger partial charge in [0.25, 0.3) is 5.91 Å². The first-order valence-electron chi connectivity index (χ1n) is 5.57. The van der Waals surface area contributed by atoms with Gasteiger partial charge >= 0.3 is 5.97 Å². The molecule has 0 saturated carbocycles. The number of aromatic nitrogens is 2. The number of rotatable bonds is 4. The molecule has 7 heteroatoms. The van der Waals surface area contributed by atoms with E-state index in [1.165, 1.54) is 0 Å². The van der Waals surface area contributed by atoms with Crippen molar-refractivity contribution in [3.63, 3.8) is 0 Å². The number of nitrogens with one attached hydrogen (secondary N) is 1. The standard InChI is InChI=1S/C12H13N3O4/c1-12(19,11(17)18)7-14-10(16)8-2-3-9-13-4-5-15(9)6-8/h2-6,19H,7H2,1H3,(H,14,16)(H,17,18). The molecule has 0 aromatic carbocycles. The summed E-state index contributed by atoms with van der Waals surface area (Å²) in [6.45, 7) is 0.748. The van der Waals surface area contributed by atoms with Gasteiger partial charge in [-0.1, -0.05) is 0 Å². The van der Waals surface area contributed by atoms with E-state index >= 15 is 0 Å². The number of nitrogens with zero attached hydrogens (tertiary/aromatic N) is 2. The van der Waals surface area contributed by atoms with Crippen LogP contribution in [0.3, 0.4) is 0 Å². The SMILES string of the molecule is CC(O)(CNC(=O)c1ccc2nccn2c1)C(=O)O. The highest BCUT2D eigenvalue weighted by atomic mass is 16.4. The first-order valence-corrected chi connectivity index (χ1v) is 5.57. The van der Waals surface area contributed by atoms with Crippen LogP contribution in [-0.4, -0.2) is 43.6 Å². The van der Waals surface area contributed by atoms with Crippen LogP contribution in [0.1, 0.15) is 17.3 Å². The summed E-state index contributed by atoms with van der Waals surface area (Å²) >= 11 is 0.